The first-order chi connectivity index (χ1) is 3.79. The third-order valence-electron chi connectivity index (χ3n) is 1.49. The zero-order valence-electron chi connectivity index (χ0n) is 4.81. The lowest BCUT2D eigenvalue weighted by Crippen LogP contribution is -2.35. The van der Waals surface area contributed by atoms with Gasteiger partial charge in [0.05, 0.1) is 0 Å². The molecule has 3 heteroatoms. The summed E-state index contributed by atoms with van der Waals surface area (Å²) in [6, 6.07) is 0.238. The van der Waals surface area contributed by atoms with E-state index in [4.69, 9.17) is 5.73 Å². The molecule has 0 amide bonds. The largest absolute Gasteiger partial charge is 0.328 e. The van der Waals surface area contributed by atoms with Crippen molar-refractivity contribution in [1.29, 1.82) is 0 Å². The van der Waals surface area contributed by atoms with Gasteiger partial charge < -0.3 is 5.73 Å². The van der Waals surface area contributed by atoms with E-state index in [1.807, 2.05) is 0 Å². The molecule has 1 heterocycles. The second kappa shape index (κ2) is 2.42. The molecule has 8 heavy (non-hydrogen) atoms. The number of nitrogens with two attached hydrogens (primary N) is 1. The molecule has 2 nitrogen and oxygen atoms in total. The predicted octanol–water partition coefficient (Wildman–Crippen LogP) is 0.294. The fraction of sp³-hybridized carbons (Fsp3) is 1.00. The average molecular weight is 118 g/mol. The number of halogens is 1. The summed E-state index contributed by atoms with van der Waals surface area (Å²) >= 11 is 0. The normalized spacial score (nSPS) is 26.2. The summed E-state index contributed by atoms with van der Waals surface area (Å²) in [6.07, 6.45) is 1.60. The van der Waals surface area contributed by atoms with Crippen LogP contribution in [0.2, 0.25) is 0 Å². The number of rotatable bonds is 0. The van der Waals surface area contributed by atoms with Crippen molar-refractivity contribution in [3.8, 4) is 0 Å². The maximum Gasteiger partial charge on any atom is 0.0305 e. The van der Waals surface area contributed by atoms with Crippen LogP contribution in [0.3, 0.4) is 0 Å². The Morgan fingerprint density at radius 1 is 1.38 bits per heavy atom. The number of hydrogen-bond donors (Lipinski definition) is 1. The van der Waals surface area contributed by atoms with Crippen LogP contribution in [0.15, 0.2) is 0 Å². The van der Waals surface area contributed by atoms with Crippen LogP contribution in [0.4, 0.5) is 4.48 Å². The Morgan fingerprint density at radius 2 is 1.88 bits per heavy atom. The third kappa shape index (κ3) is 1.42. The minimum Gasteiger partial charge on any atom is -0.328 e. The Kier molecular flexibility index (Phi) is 1.81. The van der Waals surface area contributed by atoms with Gasteiger partial charge in [-0.2, -0.15) is 0 Å². The van der Waals surface area contributed by atoms with Crippen LogP contribution in [0, 0.1) is 0 Å². The van der Waals surface area contributed by atoms with Crippen molar-refractivity contribution in [2.75, 3.05) is 13.1 Å². The van der Waals surface area contributed by atoms with Gasteiger partial charge in [-0.25, -0.2) is 0 Å². The van der Waals surface area contributed by atoms with Gasteiger partial charge in [0.25, 0.3) is 0 Å². The minimum atomic E-state index is 0.238. The lowest BCUT2D eigenvalue weighted by atomic mass is 10.1. The number of piperidine rings is 1. The van der Waals surface area contributed by atoms with Crippen molar-refractivity contribution in [1.82, 2.24) is 5.12 Å². The van der Waals surface area contributed by atoms with Gasteiger partial charge in [-0.15, -0.1) is 9.60 Å². The molecule has 0 aromatic carbocycles. The van der Waals surface area contributed by atoms with Gasteiger partial charge in [0.15, 0.2) is 0 Å². The van der Waals surface area contributed by atoms with Crippen molar-refractivity contribution >= 4 is 0 Å². The van der Waals surface area contributed by atoms with Gasteiger partial charge in [0, 0.05) is 19.1 Å². The third-order valence-corrected chi connectivity index (χ3v) is 1.49. The van der Waals surface area contributed by atoms with E-state index in [0.29, 0.717) is 13.1 Å². The molecule has 1 fully saturated rings. The van der Waals surface area contributed by atoms with Crippen LogP contribution in [-0.4, -0.2) is 24.3 Å². The van der Waals surface area contributed by atoms with E-state index in [0.717, 1.165) is 18.0 Å². The molecule has 1 saturated heterocycles. The Hall–Kier alpha value is -0.150. The summed E-state index contributed by atoms with van der Waals surface area (Å²) in [6.45, 7) is 1.03. The van der Waals surface area contributed by atoms with E-state index in [-0.39, 0.29) is 6.04 Å². The van der Waals surface area contributed by atoms with Crippen molar-refractivity contribution in [2.24, 2.45) is 5.73 Å². The summed E-state index contributed by atoms with van der Waals surface area (Å²) in [4.78, 5) is 0. The SMILES string of the molecule is NC1CCN(F)CC1. The number of hydrogen-bond acceptors (Lipinski definition) is 2. The molecule has 0 aromatic rings. The Labute approximate surface area is 48.4 Å². The molecule has 0 aliphatic carbocycles. The second-order valence-electron chi connectivity index (χ2n) is 2.25. The smallest absolute Gasteiger partial charge is 0.0305 e. The Balaban J connectivity index is 2.19. The molecule has 0 unspecified atom stereocenters. The standard InChI is InChI=1S/C5H11FN2/c6-8-3-1-5(7)2-4-8/h5H,1-4,7H2. The van der Waals surface area contributed by atoms with Gasteiger partial charge in [-0.05, 0) is 12.8 Å². The van der Waals surface area contributed by atoms with Gasteiger partial charge in [0.1, 0.15) is 0 Å². The summed E-state index contributed by atoms with van der Waals surface area (Å²) in [5.74, 6) is 0. The summed E-state index contributed by atoms with van der Waals surface area (Å²) < 4.78 is 12.1. The fourth-order valence-electron chi connectivity index (χ4n) is 0.868. The minimum absolute atomic E-state index is 0.238. The summed E-state index contributed by atoms with van der Waals surface area (Å²) in [7, 11) is 0. The Bertz CT molecular complexity index is 58.8. The zero-order chi connectivity index (χ0) is 5.98. The highest BCUT2D eigenvalue weighted by Crippen LogP contribution is 2.06. The molecule has 1 aliphatic rings. The van der Waals surface area contributed by atoms with Gasteiger partial charge in [-0.1, -0.05) is 0 Å². The van der Waals surface area contributed by atoms with E-state index >= 15 is 0 Å². The topological polar surface area (TPSA) is 29.3 Å². The van der Waals surface area contributed by atoms with Crippen LogP contribution in [0.5, 0.6) is 0 Å². The quantitative estimate of drug-likeness (QED) is 0.463. The first kappa shape index (κ1) is 5.98. The fourth-order valence-corrected chi connectivity index (χ4v) is 0.868. The average Bonchev–Trinajstić information content (AvgIpc) is 1.77. The van der Waals surface area contributed by atoms with E-state index in [9.17, 15) is 4.48 Å². The highest BCUT2D eigenvalue weighted by molar-refractivity contribution is 4.68. The van der Waals surface area contributed by atoms with Gasteiger partial charge >= 0.3 is 0 Å². The Morgan fingerprint density at radius 3 is 2.25 bits per heavy atom. The van der Waals surface area contributed by atoms with E-state index < -0.39 is 0 Å². The molecule has 2 N–H and O–H groups in total. The maximum absolute atomic E-state index is 12.1. The first-order valence-corrected chi connectivity index (χ1v) is 2.95. The van der Waals surface area contributed by atoms with Crippen LogP contribution >= 0.6 is 0 Å². The molecule has 0 atom stereocenters. The van der Waals surface area contributed by atoms with Gasteiger partial charge in [-0.3, -0.25) is 0 Å². The van der Waals surface area contributed by atoms with E-state index in [1.54, 1.807) is 0 Å². The zero-order valence-corrected chi connectivity index (χ0v) is 4.81. The van der Waals surface area contributed by atoms with E-state index in [2.05, 4.69) is 0 Å². The van der Waals surface area contributed by atoms with Crippen LogP contribution < -0.4 is 5.73 Å². The molecule has 48 valence electrons. The molecule has 0 aromatic heterocycles. The van der Waals surface area contributed by atoms with Crippen LogP contribution in [-0.2, 0) is 0 Å². The maximum atomic E-state index is 12.1. The van der Waals surface area contributed by atoms with Crippen molar-refractivity contribution < 1.29 is 4.48 Å². The highest BCUT2D eigenvalue weighted by atomic mass is 19.2. The second-order valence-corrected chi connectivity index (χ2v) is 2.25. The predicted molar refractivity (Wildman–Crippen MR) is 29.9 cm³/mol. The molecule has 1 rings (SSSR count). The number of nitrogens with zero attached hydrogens (tertiary/aromatic N) is 1. The monoisotopic (exact) mass is 118 g/mol. The van der Waals surface area contributed by atoms with Crippen molar-refractivity contribution in [2.45, 2.75) is 18.9 Å². The summed E-state index contributed by atoms with van der Waals surface area (Å²) in [5.41, 5.74) is 5.50. The molecule has 0 bridgehead atoms. The molecule has 1 aliphatic heterocycles. The molecule has 0 radical (unpaired) electrons. The lowest BCUT2D eigenvalue weighted by Gasteiger charge is -2.21. The van der Waals surface area contributed by atoms with Gasteiger partial charge in [0.2, 0.25) is 0 Å². The molecular formula is C5H11FN2. The molecule has 0 spiro atoms. The lowest BCUT2D eigenvalue weighted by molar-refractivity contribution is 0.00151. The summed E-state index contributed by atoms with van der Waals surface area (Å²) in [5, 5.41) is 0.823. The van der Waals surface area contributed by atoms with E-state index in [1.165, 1.54) is 0 Å². The van der Waals surface area contributed by atoms with Crippen molar-refractivity contribution in [3.05, 3.63) is 0 Å². The van der Waals surface area contributed by atoms with Crippen LogP contribution in [0.1, 0.15) is 12.8 Å². The first-order valence-electron chi connectivity index (χ1n) is 2.95. The van der Waals surface area contributed by atoms with Crippen LogP contribution in [0.25, 0.3) is 0 Å². The molecular weight excluding hydrogens is 107 g/mol. The van der Waals surface area contributed by atoms with Crippen molar-refractivity contribution in [3.63, 3.8) is 0 Å². The molecule has 0 saturated carbocycles. The highest BCUT2D eigenvalue weighted by Gasteiger charge is 2.14.